The molecule has 0 spiro atoms. The van der Waals surface area contributed by atoms with E-state index in [4.69, 9.17) is 4.74 Å². The first-order valence-corrected chi connectivity index (χ1v) is 12.2. The Bertz CT molecular complexity index is 631. The van der Waals surface area contributed by atoms with E-state index in [9.17, 15) is 4.79 Å². The second-order valence-electron chi connectivity index (χ2n) is 10.6. The first kappa shape index (κ1) is 25.1. The molecule has 0 radical (unpaired) electrons. The minimum absolute atomic E-state index is 0.177. The summed E-state index contributed by atoms with van der Waals surface area (Å²) >= 11 is 0. The Morgan fingerprint density at radius 1 is 1.37 bits per heavy atom. The summed E-state index contributed by atoms with van der Waals surface area (Å²) < 4.78 is 5.26. The lowest BCUT2D eigenvalue weighted by Crippen LogP contribution is -2.45. The van der Waals surface area contributed by atoms with E-state index in [1.165, 1.54) is 50.4 Å². The van der Waals surface area contributed by atoms with Gasteiger partial charge in [0, 0.05) is 19.1 Å². The van der Waals surface area contributed by atoms with E-state index in [-0.39, 0.29) is 10.8 Å². The van der Waals surface area contributed by atoms with Gasteiger partial charge in [-0.05, 0) is 87.9 Å². The first-order valence-electron chi connectivity index (χ1n) is 12.2. The van der Waals surface area contributed by atoms with Crippen LogP contribution < -0.4 is 0 Å². The minimum atomic E-state index is -0.177. The summed E-state index contributed by atoms with van der Waals surface area (Å²) in [4.78, 5) is 12.1. The number of methoxy groups -OCH3 is 1. The van der Waals surface area contributed by atoms with Crippen LogP contribution in [-0.4, -0.2) is 20.0 Å². The van der Waals surface area contributed by atoms with Crippen molar-refractivity contribution >= 4 is 6.29 Å². The van der Waals surface area contributed by atoms with Crippen molar-refractivity contribution < 1.29 is 9.53 Å². The Hall–Kier alpha value is -1.15. The lowest BCUT2D eigenvalue weighted by molar-refractivity contribution is -0.122. The van der Waals surface area contributed by atoms with Crippen molar-refractivity contribution in [2.75, 3.05) is 13.7 Å². The summed E-state index contributed by atoms with van der Waals surface area (Å²) in [5, 5.41) is 0. The molecule has 5 atom stereocenters. The van der Waals surface area contributed by atoms with Crippen LogP contribution in [0.3, 0.4) is 0 Å². The minimum Gasteiger partial charge on any atom is -0.385 e. The van der Waals surface area contributed by atoms with Crippen LogP contribution in [0.4, 0.5) is 0 Å². The SMILES string of the molecule is C=CCC(C/C=C(\C)CCCC1(C)CCC[C@@H]2C1=CC[C@@H](C)[C@]2(C)C=O)CCOC. The van der Waals surface area contributed by atoms with Gasteiger partial charge < -0.3 is 9.53 Å². The highest BCUT2D eigenvalue weighted by Gasteiger charge is 2.49. The molecule has 0 heterocycles. The molecule has 1 fully saturated rings. The molecule has 2 aliphatic carbocycles. The molecule has 2 aliphatic rings. The van der Waals surface area contributed by atoms with Gasteiger partial charge in [0.2, 0.25) is 0 Å². The standard InChI is InChI=1S/C28H46O2/c1-7-10-24(17-20-30-6)15-13-22(2)11-8-18-27(4)19-9-12-26-25(27)16-14-23(3)28(26,5)21-29/h7,13,16,21,23-24,26H,1,8-12,14-15,17-20H2,2-6H3/b22-13+/t23-,24?,26-,27?,28+/m1/s1. The number of allylic oxidation sites excluding steroid dienone is 5. The van der Waals surface area contributed by atoms with Crippen LogP contribution >= 0.6 is 0 Å². The van der Waals surface area contributed by atoms with E-state index in [1.807, 2.05) is 6.08 Å². The average molecular weight is 415 g/mol. The zero-order chi connectivity index (χ0) is 22.2. The lowest BCUT2D eigenvalue weighted by atomic mass is 9.52. The van der Waals surface area contributed by atoms with Gasteiger partial charge in [-0.1, -0.05) is 56.6 Å². The molecular formula is C28H46O2. The summed E-state index contributed by atoms with van der Waals surface area (Å²) in [5.74, 6) is 1.55. The topological polar surface area (TPSA) is 26.3 Å². The normalized spacial score (nSPS) is 32.8. The Morgan fingerprint density at radius 3 is 2.80 bits per heavy atom. The Balaban J connectivity index is 1.94. The van der Waals surface area contributed by atoms with E-state index in [0.29, 0.717) is 17.8 Å². The quantitative estimate of drug-likeness (QED) is 0.241. The number of hydrogen-bond donors (Lipinski definition) is 0. The molecule has 0 aromatic heterocycles. The second-order valence-corrected chi connectivity index (χ2v) is 10.6. The van der Waals surface area contributed by atoms with Crippen molar-refractivity contribution in [3.63, 3.8) is 0 Å². The highest BCUT2D eigenvalue weighted by Crippen LogP contribution is 2.57. The van der Waals surface area contributed by atoms with Gasteiger partial charge in [-0.2, -0.15) is 0 Å². The molecule has 2 heteroatoms. The molecule has 0 saturated heterocycles. The van der Waals surface area contributed by atoms with Gasteiger partial charge >= 0.3 is 0 Å². The molecule has 0 amide bonds. The van der Waals surface area contributed by atoms with Crippen molar-refractivity contribution in [3.8, 4) is 0 Å². The van der Waals surface area contributed by atoms with Crippen molar-refractivity contribution in [2.24, 2.45) is 28.6 Å². The van der Waals surface area contributed by atoms with Crippen LogP contribution in [0.1, 0.15) is 91.9 Å². The third-order valence-corrected chi connectivity index (χ3v) is 8.38. The van der Waals surface area contributed by atoms with Crippen molar-refractivity contribution in [1.29, 1.82) is 0 Å². The first-order chi connectivity index (χ1) is 14.3. The number of carbonyl (C=O) groups excluding carboxylic acids is 1. The molecule has 30 heavy (non-hydrogen) atoms. The van der Waals surface area contributed by atoms with E-state index in [1.54, 1.807) is 12.7 Å². The van der Waals surface area contributed by atoms with Crippen molar-refractivity contribution in [2.45, 2.75) is 91.9 Å². The molecule has 2 rings (SSSR count). The number of hydrogen-bond acceptors (Lipinski definition) is 2. The van der Waals surface area contributed by atoms with Gasteiger partial charge in [0.1, 0.15) is 6.29 Å². The smallest absolute Gasteiger partial charge is 0.126 e. The fraction of sp³-hybridized carbons (Fsp3) is 0.750. The monoisotopic (exact) mass is 414 g/mol. The molecule has 0 aromatic carbocycles. The van der Waals surface area contributed by atoms with E-state index in [0.717, 1.165) is 32.3 Å². The Kier molecular flexibility index (Phi) is 9.60. The highest BCUT2D eigenvalue weighted by molar-refractivity contribution is 5.62. The summed E-state index contributed by atoms with van der Waals surface area (Å²) in [6.07, 6.45) is 20.0. The van der Waals surface area contributed by atoms with Gasteiger partial charge in [0.15, 0.2) is 0 Å². The number of rotatable bonds is 12. The predicted molar refractivity (Wildman–Crippen MR) is 129 cm³/mol. The van der Waals surface area contributed by atoms with E-state index in [2.05, 4.69) is 46.4 Å². The maximum absolute atomic E-state index is 12.1. The number of fused-ring (bicyclic) bond motifs is 1. The zero-order valence-electron chi connectivity index (χ0n) is 20.3. The molecule has 2 unspecified atom stereocenters. The Morgan fingerprint density at radius 2 is 2.13 bits per heavy atom. The predicted octanol–water partition coefficient (Wildman–Crippen LogP) is 7.70. The summed E-state index contributed by atoms with van der Waals surface area (Å²) in [7, 11) is 1.78. The summed E-state index contributed by atoms with van der Waals surface area (Å²) in [6, 6.07) is 0. The lowest BCUT2D eigenvalue weighted by Gasteiger charge is -2.51. The van der Waals surface area contributed by atoms with Crippen LogP contribution in [0, 0.1) is 28.6 Å². The number of aldehydes is 1. The number of carbonyl (C=O) groups is 1. The summed E-state index contributed by atoms with van der Waals surface area (Å²) in [5.41, 5.74) is 3.22. The third-order valence-electron chi connectivity index (χ3n) is 8.38. The average Bonchev–Trinajstić information content (AvgIpc) is 2.73. The van der Waals surface area contributed by atoms with Gasteiger partial charge in [0.25, 0.3) is 0 Å². The molecule has 0 aromatic rings. The van der Waals surface area contributed by atoms with Crippen LogP contribution in [0.25, 0.3) is 0 Å². The molecular weight excluding hydrogens is 368 g/mol. The fourth-order valence-electron chi connectivity index (χ4n) is 5.90. The number of ether oxygens (including phenoxy) is 1. The van der Waals surface area contributed by atoms with Gasteiger partial charge in [-0.3, -0.25) is 0 Å². The van der Waals surface area contributed by atoms with Crippen LogP contribution in [0.5, 0.6) is 0 Å². The zero-order valence-corrected chi connectivity index (χ0v) is 20.3. The van der Waals surface area contributed by atoms with Crippen molar-refractivity contribution in [3.05, 3.63) is 36.0 Å². The van der Waals surface area contributed by atoms with Crippen LogP contribution in [-0.2, 0) is 9.53 Å². The van der Waals surface area contributed by atoms with Crippen molar-refractivity contribution in [1.82, 2.24) is 0 Å². The van der Waals surface area contributed by atoms with Crippen LogP contribution in [0.15, 0.2) is 36.0 Å². The maximum Gasteiger partial charge on any atom is 0.126 e. The van der Waals surface area contributed by atoms with Gasteiger partial charge in [-0.25, -0.2) is 0 Å². The molecule has 2 nitrogen and oxygen atoms in total. The highest BCUT2D eigenvalue weighted by atomic mass is 16.5. The molecule has 0 bridgehead atoms. The van der Waals surface area contributed by atoms with Crippen LogP contribution in [0.2, 0.25) is 0 Å². The molecule has 1 saturated carbocycles. The second kappa shape index (κ2) is 11.5. The van der Waals surface area contributed by atoms with Gasteiger partial charge in [0.05, 0.1) is 0 Å². The van der Waals surface area contributed by atoms with E-state index >= 15 is 0 Å². The largest absolute Gasteiger partial charge is 0.385 e. The van der Waals surface area contributed by atoms with Gasteiger partial charge in [-0.15, -0.1) is 6.58 Å². The molecule has 170 valence electrons. The third kappa shape index (κ3) is 5.96. The summed E-state index contributed by atoms with van der Waals surface area (Å²) in [6.45, 7) is 14.0. The Labute approximate surface area is 186 Å². The fourth-order valence-corrected chi connectivity index (χ4v) is 5.90. The molecule has 0 aliphatic heterocycles. The molecule has 0 N–H and O–H groups in total. The maximum atomic E-state index is 12.1. The van der Waals surface area contributed by atoms with E-state index < -0.39 is 0 Å².